The molecule has 0 saturated heterocycles. The number of hydrogen-bond acceptors (Lipinski definition) is 2. The van der Waals surface area contributed by atoms with Crippen LogP contribution in [0.3, 0.4) is 0 Å². The summed E-state index contributed by atoms with van der Waals surface area (Å²) >= 11 is 4.57. The van der Waals surface area contributed by atoms with Gasteiger partial charge in [-0.1, -0.05) is 6.92 Å². The Bertz CT molecular complexity index is 311. The van der Waals surface area contributed by atoms with E-state index in [1.807, 2.05) is 0 Å². The van der Waals surface area contributed by atoms with E-state index in [9.17, 15) is 13.2 Å². The molecule has 0 aliphatic carbocycles. The Morgan fingerprint density at radius 1 is 1.47 bits per heavy atom. The van der Waals surface area contributed by atoms with Crippen molar-refractivity contribution in [1.29, 1.82) is 0 Å². The topological polar surface area (TPSA) is 12.0 Å². The second-order valence-corrected chi connectivity index (χ2v) is 5.57. The van der Waals surface area contributed by atoms with Gasteiger partial charge in [0.2, 0.25) is 0 Å². The first-order valence-electron chi connectivity index (χ1n) is 4.47. The normalized spacial score (nSPS) is 14.2. The maximum Gasteiger partial charge on any atom is 0.390 e. The molecule has 1 unspecified atom stereocenters. The maximum absolute atomic E-state index is 12.3. The zero-order valence-corrected chi connectivity index (χ0v) is 10.5. The molecule has 0 amide bonds. The van der Waals surface area contributed by atoms with Gasteiger partial charge in [-0.3, -0.25) is 0 Å². The van der Waals surface area contributed by atoms with E-state index in [4.69, 9.17) is 0 Å². The van der Waals surface area contributed by atoms with E-state index in [1.165, 1.54) is 11.3 Å². The fraction of sp³-hybridized carbons (Fsp3) is 0.556. The lowest BCUT2D eigenvalue weighted by Gasteiger charge is -2.17. The van der Waals surface area contributed by atoms with E-state index in [0.29, 0.717) is 11.4 Å². The maximum atomic E-state index is 12.3. The molecule has 6 heteroatoms. The van der Waals surface area contributed by atoms with Gasteiger partial charge < -0.3 is 5.32 Å². The first-order chi connectivity index (χ1) is 6.92. The summed E-state index contributed by atoms with van der Waals surface area (Å²) in [5, 5.41) is 2.84. The van der Waals surface area contributed by atoms with Gasteiger partial charge in [-0.05, 0) is 34.6 Å². The number of alkyl halides is 3. The van der Waals surface area contributed by atoms with Gasteiger partial charge in [0.25, 0.3) is 0 Å². The molecular weight excluding hydrogens is 291 g/mol. The number of halogens is 4. The van der Waals surface area contributed by atoms with Crippen LogP contribution < -0.4 is 5.32 Å². The highest BCUT2D eigenvalue weighted by Gasteiger charge is 2.32. The minimum Gasteiger partial charge on any atom is -0.309 e. The van der Waals surface area contributed by atoms with Crippen LogP contribution >= 0.6 is 27.3 Å². The Kier molecular flexibility index (Phi) is 4.61. The third-order valence-corrected chi connectivity index (χ3v) is 3.56. The summed E-state index contributed by atoms with van der Waals surface area (Å²) in [6.45, 7) is 2.32. The second kappa shape index (κ2) is 5.32. The fourth-order valence-corrected chi connectivity index (χ4v) is 2.77. The van der Waals surface area contributed by atoms with Crippen LogP contribution in [0.25, 0.3) is 0 Å². The van der Waals surface area contributed by atoms with Gasteiger partial charge in [0.15, 0.2) is 0 Å². The van der Waals surface area contributed by atoms with Crippen molar-refractivity contribution in [3.63, 3.8) is 0 Å². The molecule has 1 N–H and O–H groups in total. The van der Waals surface area contributed by atoms with Gasteiger partial charge in [0.05, 0.1) is 16.2 Å². The Morgan fingerprint density at radius 3 is 2.53 bits per heavy atom. The van der Waals surface area contributed by atoms with Crippen molar-refractivity contribution in [2.24, 2.45) is 0 Å². The summed E-state index contributed by atoms with van der Waals surface area (Å²) in [6.07, 6.45) is -4.96. The summed E-state index contributed by atoms with van der Waals surface area (Å²) in [5.41, 5.74) is 0. The third-order valence-electron chi connectivity index (χ3n) is 1.82. The van der Waals surface area contributed by atoms with Crippen molar-refractivity contribution < 1.29 is 13.2 Å². The van der Waals surface area contributed by atoms with E-state index in [2.05, 4.69) is 21.2 Å². The quantitative estimate of drug-likeness (QED) is 0.882. The summed E-state index contributed by atoms with van der Waals surface area (Å²) in [4.78, 5) is 0.709. The molecule has 1 heterocycles. The highest BCUT2D eigenvalue weighted by Crippen LogP contribution is 2.34. The lowest BCUT2D eigenvalue weighted by atomic mass is 10.1. The minimum atomic E-state index is -4.14. The number of hydrogen-bond donors (Lipinski definition) is 1. The van der Waals surface area contributed by atoms with E-state index in [0.717, 1.165) is 3.79 Å². The average molecular weight is 302 g/mol. The van der Waals surface area contributed by atoms with Crippen LogP contribution in [0.4, 0.5) is 13.2 Å². The molecule has 0 radical (unpaired) electrons. The zero-order chi connectivity index (χ0) is 11.5. The van der Waals surface area contributed by atoms with E-state index in [1.54, 1.807) is 19.1 Å². The summed E-state index contributed by atoms with van der Waals surface area (Å²) in [7, 11) is 0. The number of thiophene rings is 1. The largest absolute Gasteiger partial charge is 0.390 e. The minimum absolute atomic E-state index is 0.524. The molecule has 0 fully saturated rings. The molecule has 0 aliphatic rings. The monoisotopic (exact) mass is 301 g/mol. The smallest absolute Gasteiger partial charge is 0.309 e. The van der Waals surface area contributed by atoms with Gasteiger partial charge in [-0.2, -0.15) is 13.2 Å². The van der Waals surface area contributed by atoms with Crippen LogP contribution in [-0.4, -0.2) is 12.7 Å². The van der Waals surface area contributed by atoms with Crippen LogP contribution in [0.2, 0.25) is 0 Å². The SMILES string of the molecule is CCNC(CC(F)(F)F)c1ccc(Br)s1. The predicted octanol–water partition coefficient (Wildman–Crippen LogP) is 4.11. The van der Waals surface area contributed by atoms with E-state index in [-0.39, 0.29) is 0 Å². The Morgan fingerprint density at radius 2 is 2.13 bits per heavy atom. The van der Waals surface area contributed by atoms with Crippen molar-refractivity contribution in [2.75, 3.05) is 6.54 Å². The Labute approximate surface area is 98.8 Å². The molecule has 0 aromatic carbocycles. The van der Waals surface area contributed by atoms with Crippen LogP contribution in [0.1, 0.15) is 24.3 Å². The first kappa shape index (κ1) is 13.0. The molecular formula is C9H11BrF3NS. The molecule has 1 nitrogen and oxygen atoms in total. The Balaban J connectivity index is 2.74. The second-order valence-electron chi connectivity index (χ2n) is 3.07. The standard InChI is InChI=1S/C9H11BrF3NS/c1-2-14-6(5-9(11,12)13)7-3-4-8(10)15-7/h3-4,6,14H,2,5H2,1H3. The third kappa shape index (κ3) is 4.53. The van der Waals surface area contributed by atoms with Crippen molar-refractivity contribution in [2.45, 2.75) is 25.6 Å². The molecule has 1 atom stereocenters. The van der Waals surface area contributed by atoms with Gasteiger partial charge in [-0.25, -0.2) is 0 Å². The lowest BCUT2D eigenvalue weighted by Crippen LogP contribution is -2.25. The van der Waals surface area contributed by atoms with Gasteiger partial charge >= 0.3 is 6.18 Å². The predicted molar refractivity (Wildman–Crippen MR) is 59.1 cm³/mol. The molecule has 1 rings (SSSR count). The van der Waals surface area contributed by atoms with Crippen LogP contribution in [0.5, 0.6) is 0 Å². The van der Waals surface area contributed by atoms with Gasteiger partial charge in [-0.15, -0.1) is 11.3 Å². The number of rotatable bonds is 4. The zero-order valence-electron chi connectivity index (χ0n) is 8.07. The Hall–Kier alpha value is -0.0700. The molecule has 1 aromatic heterocycles. The average Bonchev–Trinajstić information content (AvgIpc) is 2.48. The van der Waals surface area contributed by atoms with Gasteiger partial charge in [0, 0.05) is 4.88 Å². The molecule has 0 bridgehead atoms. The van der Waals surface area contributed by atoms with Crippen LogP contribution in [-0.2, 0) is 0 Å². The summed E-state index contributed by atoms with van der Waals surface area (Å²) in [5.74, 6) is 0. The van der Waals surface area contributed by atoms with Crippen LogP contribution in [0.15, 0.2) is 15.9 Å². The lowest BCUT2D eigenvalue weighted by molar-refractivity contribution is -0.140. The molecule has 0 saturated carbocycles. The van der Waals surface area contributed by atoms with Crippen molar-refractivity contribution in [3.8, 4) is 0 Å². The van der Waals surface area contributed by atoms with Crippen molar-refractivity contribution in [1.82, 2.24) is 5.32 Å². The summed E-state index contributed by atoms with van der Waals surface area (Å²) < 4.78 is 37.7. The number of nitrogens with one attached hydrogen (secondary N) is 1. The van der Waals surface area contributed by atoms with Crippen molar-refractivity contribution >= 4 is 27.3 Å². The summed E-state index contributed by atoms with van der Waals surface area (Å²) in [6, 6.07) is 2.85. The highest BCUT2D eigenvalue weighted by atomic mass is 79.9. The fourth-order valence-electron chi connectivity index (χ4n) is 1.27. The van der Waals surface area contributed by atoms with E-state index < -0.39 is 18.6 Å². The van der Waals surface area contributed by atoms with Gasteiger partial charge in [0.1, 0.15) is 0 Å². The molecule has 0 spiro atoms. The highest BCUT2D eigenvalue weighted by molar-refractivity contribution is 9.11. The molecule has 0 aliphatic heterocycles. The molecule has 15 heavy (non-hydrogen) atoms. The van der Waals surface area contributed by atoms with E-state index >= 15 is 0 Å². The van der Waals surface area contributed by atoms with Crippen LogP contribution in [0, 0.1) is 0 Å². The first-order valence-corrected chi connectivity index (χ1v) is 6.08. The molecule has 1 aromatic rings. The molecule has 86 valence electrons. The van der Waals surface area contributed by atoms with Crippen molar-refractivity contribution in [3.05, 3.63) is 20.8 Å².